The fourth-order valence-electron chi connectivity index (χ4n) is 1.02. The first kappa shape index (κ1) is 10.6. The molecule has 0 aliphatic rings. The van der Waals surface area contributed by atoms with Gasteiger partial charge in [-0.2, -0.15) is 0 Å². The number of alkyl halides is 1. The number of rotatable bonds is 3. The van der Waals surface area contributed by atoms with Crippen molar-refractivity contribution in [3.8, 4) is 0 Å². The van der Waals surface area contributed by atoms with Crippen LogP contribution in [0.2, 0.25) is 0 Å². The molecule has 0 N–H and O–H groups in total. The lowest BCUT2D eigenvalue weighted by atomic mass is 10.1. The van der Waals surface area contributed by atoms with Crippen LogP contribution in [0.15, 0.2) is 24.3 Å². The number of hydrogen-bond acceptors (Lipinski definition) is 2. The van der Waals surface area contributed by atoms with E-state index in [9.17, 15) is 13.6 Å². The maximum Gasteiger partial charge on any atom is 0.345 e. The third kappa shape index (κ3) is 2.52. The molecule has 0 radical (unpaired) electrons. The summed E-state index contributed by atoms with van der Waals surface area (Å²) in [6.07, 6.45) is -1.91. The number of ether oxygens (including phenoxy) is 1. The first-order chi connectivity index (χ1) is 6.65. The molecule has 2 nitrogen and oxygen atoms in total. The number of hydrogen-bond donors (Lipinski definition) is 0. The van der Waals surface area contributed by atoms with Crippen LogP contribution >= 0.6 is 0 Å². The molecule has 0 bridgehead atoms. The molecule has 0 saturated heterocycles. The van der Waals surface area contributed by atoms with Crippen LogP contribution < -0.4 is 0 Å². The topological polar surface area (TPSA) is 26.3 Å². The van der Waals surface area contributed by atoms with E-state index in [1.807, 2.05) is 0 Å². The zero-order valence-corrected chi connectivity index (χ0v) is 7.67. The highest BCUT2D eigenvalue weighted by atomic mass is 19.1. The molecule has 14 heavy (non-hydrogen) atoms. The average molecular weight is 200 g/mol. The Bertz CT molecular complexity index is 326. The molecule has 0 saturated carbocycles. The number of benzene rings is 1. The van der Waals surface area contributed by atoms with E-state index in [-0.39, 0.29) is 12.2 Å². The summed E-state index contributed by atoms with van der Waals surface area (Å²) < 4.78 is 30.4. The molecule has 0 aliphatic heterocycles. The number of carbonyl (C=O) groups is 1. The molecule has 1 unspecified atom stereocenters. The third-order valence-corrected chi connectivity index (χ3v) is 1.63. The zero-order valence-electron chi connectivity index (χ0n) is 7.67. The van der Waals surface area contributed by atoms with Crippen LogP contribution in [0, 0.1) is 5.82 Å². The molecule has 1 atom stereocenters. The van der Waals surface area contributed by atoms with Crippen molar-refractivity contribution in [3.05, 3.63) is 35.6 Å². The Balaban J connectivity index is 2.78. The van der Waals surface area contributed by atoms with Crippen molar-refractivity contribution in [2.45, 2.75) is 13.1 Å². The highest BCUT2D eigenvalue weighted by Crippen LogP contribution is 2.19. The second-order valence-corrected chi connectivity index (χ2v) is 2.67. The molecule has 76 valence electrons. The molecule has 1 aromatic carbocycles. The first-order valence-corrected chi connectivity index (χ1v) is 4.21. The van der Waals surface area contributed by atoms with Crippen molar-refractivity contribution in [3.63, 3.8) is 0 Å². The SMILES string of the molecule is CCOC(=O)C(F)c1cccc(F)c1. The molecule has 0 heterocycles. The maximum absolute atomic E-state index is 13.3. The van der Waals surface area contributed by atoms with Crippen LogP contribution in [-0.4, -0.2) is 12.6 Å². The van der Waals surface area contributed by atoms with Crippen molar-refractivity contribution in [1.29, 1.82) is 0 Å². The lowest BCUT2D eigenvalue weighted by molar-refractivity contribution is -0.149. The van der Waals surface area contributed by atoms with Gasteiger partial charge in [-0.1, -0.05) is 12.1 Å². The van der Waals surface area contributed by atoms with E-state index < -0.39 is 18.0 Å². The second-order valence-electron chi connectivity index (χ2n) is 2.67. The van der Waals surface area contributed by atoms with Crippen LogP contribution in [0.5, 0.6) is 0 Å². The summed E-state index contributed by atoms with van der Waals surface area (Å²) in [6.45, 7) is 1.69. The summed E-state index contributed by atoms with van der Waals surface area (Å²) in [7, 11) is 0. The summed E-state index contributed by atoms with van der Waals surface area (Å²) >= 11 is 0. The van der Waals surface area contributed by atoms with Crippen LogP contribution in [-0.2, 0) is 9.53 Å². The molecular weight excluding hydrogens is 190 g/mol. The lowest BCUT2D eigenvalue weighted by Crippen LogP contribution is -2.11. The maximum atomic E-state index is 13.3. The Morgan fingerprint density at radius 3 is 2.86 bits per heavy atom. The minimum atomic E-state index is -1.91. The van der Waals surface area contributed by atoms with Gasteiger partial charge in [0.25, 0.3) is 0 Å². The number of halogens is 2. The summed E-state index contributed by atoms with van der Waals surface area (Å²) in [5.41, 5.74) is -0.0246. The van der Waals surface area contributed by atoms with Crippen LogP contribution in [0.25, 0.3) is 0 Å². The van der Waals surface area contributed by atoms with Gasteiger partial charge in [-0.15, -0.1) is 0 Å². The Hall–Kier alpha value is -1.45. The Labute approximate surface area is 80.5 Å². The quantitative estimate of drug-likeness (QED) is 0.700. The first-order valence-electron chi connectivity index (χ1n) is 4.21. The molecule has 0 aromatic heterocycles. The van der Waals surface area contributed by atoms with Gasteiger partial charge < -0.3 is 4.74 Å². The zero-order chi connectivity index (χ0) is 10.6. The van der Waals surface area contributed by atoms with E-state index in [1.165, 1.54) is 18.2 Å². The standard InChI is InChI=1S/C10H10F2O2/c1-2-14-10(13)9(12)7-4-3-5-8(11)6-7/h3-6,9H,2H2,1H3. The van der Waals surface area contributed by atoms with E-state index >= 15 is 0 Å². The molecule has 0 amide bonds. The van der Waals surface area contributed by atoms with Gasteiger partial charge in [0, 0.05) is 5.56 Å². The van der Waals surface area contributed by atoms with Crippen molar-refractivity contribution < 1.29 is 18.3 Å². The van der Waals surface area contributed by atoms with Gasteiger partial charge in [-0.25, -0.2) is 13.6 Å². The third-order valence-electron chi connectivity index (χ3n) is 1.63. The van der Waals surface area contributed by atoms with Crippen LogP contribution in [0.1, 0.15) is 18.7 Å². The highest BCUT2D eigenvalue weighted by Gasteiger charge is 2.20. The van der Waals surface area contributed by atoms with Gasteiger partial charge in [0.1, 0.15) is 5.82 Å². The predicted molar refractivity (Wildman–Crippen MR) is 46.9 cm³/mol. The Kier molecular flexibility index (Phi) is 3.56. The molecule has 0 spiro atoms. The summed E-state index contributed by atoms with van der Waals surface area (Å²) in [6, 6.07) is 4.84. The average Bonchev–Trinajstić information content (AvgIpc) is 2.17. The number of carbonyl (C=O) groups excluding carboxylic acids is 1. The van der Waals surface area contributed by atoms with Crippen LogP contribution in [0.4, 0.5) is 8.78 Å². The Morgan fingerprint density at radius 1 is 1.57 bits per heavy atom. The monoisotopic (exact) mass is 200 g/mol. The van der Waals surface area contributed by atoms with Gasteiger partial charge in [0.15, 0.2) is 0 Å². The number of esters is 1. The summed E-state index contributed by atoms with van der Waals surface area (Å²) in [5, 5.41) is 0. The van der Waals surface area contributed by atoms with Crippen molar-refractivity contribution in [1.82, 2.24) is 0 Å². The molecule has 0 aliphatic carbocycles. The fourth-order valence-corrected chi connectivity index (χ4v) is 1.02. The van der Waals surface area contributed by atoms with E-state index in [2.05, 4.69) is 4.74 Å². The van der Waals surface area contributed by atoms with Crippen molar-refractivity contribution in [2.24, 2.45) is 0 Å². The van der Waals surface area contributed by atoms with E-state index in [4.69, 9.17) is 0 Å². The largest absolute Gasteiger partial charge is 0.464 e. The normalized spacial score (nSPS) is 12.2. The predicted octanol–water partition coefficient (Wildman–Crippen LogP) is 2.40. The van der Waals surface area contributed by atoms with Gasteiger partial charge in [-0.3, -0.25) is 0 Å². The lowest BCUT2D eigenvalue weighted by Gasteiger charge is -2.07. The highest BCUT2D eigenvalue weighted by molar-refractivity contribution is 5.76. The van der Waals surface area contributed by atoms with E-state index in [0.29, 0.717) is 0 Å². The molecule has 0 fully saturated rings. The molecule has 1 rings (SSSR count). The molecular formula is C10H10F2O2. The summed E-state index contributed by atoms with van der Waals surface area (Å²) in [5.74, 6) is -1.56. The van der Waals surface area contributed by atoms with E-state index in [0.717, 1.165) is 6.07 Å². The van der Waals surface area contributed by atoms with Gasteiger partial charge in [0.2, 0.25) is 6.17 Å². The smallest absolute Gasteiger partial charge is 0.345 e. The minimum absolute atomic E-state index is 0.0246. The van der Waals surface area contributed by atoms with Crippen molar-refractivity contribution >= 4 is 5.97 Å². The van der Waals surface area contributed by atoms with Gasteiger partial charge in [0.05, 0.1) is 6.61 Å². The van der Waals surface area contributed by atoms with Crippen LogP contribution in [0.3, 0.4) is 0 Å². The Morgan fingerprint density at radius 2 is 2.29 bits per heavy atom. The minimum Gasteiger partial charge on any atom is -0.464 e. The molecule has 1 aromatic rings. The fraction of sp³-hybridized carbons (Fsp3) is 0.300. The second kappa shape index (κ2) is 4.69. The van der Waals surface area contributed by atoms with E-state index in [1.54, 1.807) is 6.92 Å². The summed E-state index contributed by atoms with van der Waals surface area (Å²) in [4.78, 5) is 10.9. The van der Waals surface area contributed by atoms with Gasteiger partial charge >= 0.3 is 5.97 Å². The van der Waals surface area contributed by atoms with Gasteiger partial charge in [-0.05, 0) is 19.1 Å². The molecule has 4 heteroatoms. The van der Waals surface area contributed by atoms with Crippen molar-refractivity contribution in [2.75, 3.05) is 6.61 Å².